The summed E-state index contributed by atoms with van der Waals surface area (Å²) in [7, 11) is 0. The van der Waals surface area contributed by atoms with Crippen molar-refractivity contribution < 1.29 is 5.11 Å². The molecule has 3 heterocycles. The number of pyridine rings is 1. The van der Waals surface area contributed by atoms with Gasteiger partial charge in [-0.05, 0) is 45.2 Å². The van der Waals surface area contributed by atoms with Gasteiger partial charge in [0.1, 0.15) is 17.3 Å². The largest absolute Gasteiger partial charge is 0.506 e. The average Bonchev–Trinajstić information content (AvgIpc) is 2.90. The lowest BCUT2D eigenvalue weighted by atomic mass is 10.1. The van der Waals surface area contributed by atoms with Crippen molar-refractivity contribution in [2.24, 2.45) is 0 Å². The van der Waals surface area contributed by atoms with E-state index in [0.717, 1.165) is 59.9 Å². The third-order valence-electron chi connectivity index (χ3n) is 4.43. The summed E-state index contributed by atoms with van der Waals surface area (Å²) >= 11 is 0. The molecule has 0 bridgehead atoms. The Bertz CT molecular complexity index is 926. The van der Waals surface area contributed by atoms with Gasteiger partial charge in [-0.2, -0.15) is 9.61 Å². The molecule has 0 saturated carbocycles. The Morgan fingerprint density at radius 1 is 1.08 bits per heavy atom. The summed E-state index contributed by atoms with van der Waals surface area (Å²) in [6.07, 6.45) is 3.89. The Hall–Kier alpha value is -2.63. The monoisotopic (exact) mass is 353 g/mol. The molecule has 0 atom stereocenters. The second-order valence-electron chi connectivity index (χ2n) is 6.82. The molecule has 0 aliphatic rings. The van der Waals surface area contributed by atoms with Crippen LogP contribution < -0.4 is 4.90 Å². The first-order chi connectivity index (χ1) is 12.5. The molecule has 0 aliphatic carbocycles. The predicted molar refractivity (Wildman–Crippen MR) is 105 cm³/mol. The summed E-state index contributed by atoms with van der Waals surface area (Å²) in [5.41, 5.74) is 4.72. The zero-order valence-electron chi connectivity index (χ0n) is 16.2. The molecule has 6 heteroatoms. The Balaban J connectivity index is 2.26. The fraction of sp³-hybridized carbons (Fsp3) is 0.450. The molecule has 0 aromatic carbocycles. The molecular formula is C20H27N5O. The van der Waals surface area contributed by atoms with E-state index in [0.29, 0.717) is 5.69 Å². The molecular weight excluding hydrogens is 326 g/mol. The quantitative estimate of drug-likeness (QED) is 0.724. The molecule has 3 aromatic heterocycles. The van der Waals surface area contributed by atoms with Gasteiger partial charge in [0, 0.05) is 31.0 Å². The number of hydrogen-bond acceptors (Lipinski definition) is 5. The number of aromatic hydroxyl groups is 1. The SMILES string of the molecule is CCCN(CCC)c1cc(C)nc2c(-c3ncc(C)cc3O)c(C)nn12. The van der Waals surface area contributed by atoms with Crippen molar-refractivity contribution in [3.8, 4) is 17.0 Å². The fourth-order valence-electron chi connectivity index (χ4n) is 3.35. The third-order valence-corrected chi connectivity index (χ3v) is 4.43. The highest BCUT2D eigenvalue weighted by Gasteiger charge is 2.21. The fourth-order valence-corrected chi connectivity index (χ4v) is 3.35. The summed E-state index contributed by atoms with van der Waals surface area (Å²) in [6.45, 7) is 12.1. The number of aromatic nitrogens is 4. The number of nitrogens with zero attached hydrogens (tertiary/aromatic N) is 5. The Kier molecular flexibility index (Phi) is 5.11. The van der Waals surface area contributed by atoms with E-state index in [2.05, 4.69) is 29.8 Å². The van der Waals surface area contributed by atoms with Crippen LogP contribution in [0.15, 0.2) is 18.3 Å². The summed E-state index contributed by atoms with van der Waals surface area (Å²) in [6, 6.07) is 3.80. The van der Waals surface area contributed by atoms with E-state index in [1.165, 1.54) is 0 Å². The molecule has 0 unspecified atom stereocenters. The van der Waals surface area contributed by atoms with Gasteiger partial charge in [0.2, 0.25) is 0 Å². The maximum atomic E-state index is 10.4. The Morgan fingerprint density at radius 3 is 2.38 bits per heavy atom. The van der Waals surface area contributed by atoms with Crippen LogP contribution in [-0.4, -0.2) is 37.8 Å². The molecule has 0 saturated heterocycles. The standard InChI is InChI=1S/C20H27N5O/c1-6-8-24(9-7-2)17-11-14(4)22-20-18(15(5)23-25(17)20)19-16(26)10-13(3)12-21-19/h10-12,26H,6-9H2,1-5H3. The van der Waals surface area contributed by atoms with Crippen LogP contribution in [0.25, 0.3) is 16.9 Å². The Labute approximate surface area is 154 Å². The van der Waals surface area contributed by atoms with E-state index in [4.69, 9.17) is 10.1 Å². The molecule has 0 fully saturated rings. The maximum absolute atomic E-state index is 10.4. The van der Waals surface area contributed by atoms with E-state index in [-0.39, 0.29) is 5.75 Å². The van der Waals surface area contributed by atoms with Gasteiger partial charge >= 0.3 is 0 Å². The molecule has 26 heavy (non-hydrogen) atoms. The summed E-state index contributed by atoms with van der Waals surface area (Å²) in [4.78, 5) is 11.5. The second-order valence-corrected chi connectivity index (χ2v) is 6.82. The van der Waals surface area contributed by atoms with Gasteiger partial charge in [-0.15, -0.1) is 0 Å². The van der Waals surface area contributed by atoms with E-state index in [1.807, 2.05) is 25.3 Å². The van der Waals surface area contributed by atoms with Gasteiger partial charge in [0.15, 0.2) is 5.65 Å². The molecule has 6 nitrogen and oxygen atoms in total. The van der Waals surface area contributed by atoms with Gasteiger partial charge in [-0.25, -0.2) is 4.98 Å². The van der Waals surface area contributed by atoms with Crippen molar-refractivity contribution in [1.82, 2.24) is 19.6 Å². The minimum Gasteiger partial charge on any atom is -0.506 e. The molecule has 3 rings (SSSR count). The average molecular weight is 353 g/mol. The zero-order chi connectivity index (χ0) is 18.8. The summed E-state index contributed by atoms with van der Waals surface area (Å²) < 4.78 is 1.89. The normalized spacial score (nSPS) is 11.3. The summed E-state index contributed by atoms with van der Waals surface area (Å²) in [5.74, 6) is 1.20. The van der Waals surface area contributed by atoms with E-state index < -0.39 is 0 Å². The van der Waals surface area contributed by atoms with Crippen molar-refractivity contribution >= 4 is 11.5 Å². The van der Waals surface area contributed by atoms with Gasteiger partial charge in [-0.1, -0.05) is 13.8 Å². The lowest BCUT2D eigenvalue weighted by molar-refractivity contribution is 0.474. The Morgan fingerprint density at radius 2 is 1.77 bits per heavy atom. The van der Waals surface area contributed by atoms with Crippen molar-refractivity contribution in [3.05, 3.63) is 35.3 Å². The first-order valence-electron chi connectivity index (χ1n) is 9.24. The van der Waals surface area contributed by atoms with Gasteiger partial charge in [0.25, 0.3) is 0 Å². The molecule has 0 spiro atoms. The highest BCUT2D eigenvalue weighted by atomic mass is 16.3. The van der Waals surface area contributed by atoms with Gasteiger partial charge < -0.3 is 10.0 Å². The number of anilines is 1. The van der Waals surface area contributed by atoms with Crippen molar-refractivity contribution in [1.29, 1.82) is 0 Å². The van der Waals surface area contributed by atoms with Crippen LogP contribution in [0, 0.1) is 20.8 Å². The third kappa shape index (κ3) is 3.23. The van der Waals surface area contributed by atoms with E-state index >= 15 is 0 Å². The van der Waals surface area contributed by atoms with Crippen LogP contribution in [0.3, 0.4) is 0 Å². The maximum Gasteiger partial charge on any atom is 0.167 e. The van der Waals surface area contributed by atoms with Crippen LogP contribution in [0.5, 0.6) is 5.75 Å². The van der Waals surface area contributed by atoms with Crippen molar-refractivity contribution in [2.75, 3.05) is 18.0 Å². The van der Waals surface area contributed by atoms with E-state index in [1.54, 1.807) is 12.3 Å². The van der Waals surface area contributed by atoms with Crippen LogP contribution in [-0.2, 0) is 0 Å². The predicted octanol–water partition coefficient (Wildman–Crippen LogP) is 4.05. The molecule has 0 amide bonds. The first-order valence-corrected chi connectivity index (χ1v) is 9.24. The molecule has 3 aromatic rings. The lowest BCUT2D eigenvalue weighted by Crippen LogP contribution is -2.27. The highest BCUT2D eigenvalue weighted by molar-refractivity contribution is 5.82. The minimum absolute atomic E-state index is 0.159. The van der Waals surface area contributed by atoms with Crippen LogP contribution in [0.1, 0.15) is 43.6 Å². The second kappa shape index (κ2) is 7.32. The lowest BCUT2D eigenvalue weighted by Gasteiger charge is -2.24. The first kappa shape index (κ1) is 18.2. The van der Waals surface area contributed by atoms with E-state index in [9.17, 15) is 5.11 Å². The highest BCUT2D eigenvalue weighted by Crippen LogP contribution is 2.34. The van der Waals surface area contributed by atoms with Crippen LogP contribution >= 0.6 is 0 Å². The molecule has 0 aliphatic heterocycles. The molecule has 1 N–H and O–H groups in total. The number of fused-ring (bicyclic) bond motifs is 1. The van der Waals surface area contributed by atoms with Crippen molar-refractivity contribution in [3.63, 3.8) is 0 Å². The zero-order valence-corrected chi connectivity index (χ0v) is 16.2. The van der Waals surface area contributed by atoms with Crippen LogP contribution in [0.4, 0.5) is 5.82 Å². The minimum atomic E-state index is 0.159. The number of aryl methyl sites for hydroxylation is 3. The van der Waals surface area contributed by atoms with Crippen LogP contribution in [0.2, 0.25) is 0 Å². The summed E-state index contributed by atoms with van der Waals surface area (Å²) in [5, 5.41) is 15.2. The number of hydrogen-bond donors (Lipinski definition) is 1. The van der Waals surface area contributed by atoms with Gasteiger partial charge in [0.05, 0.1) is 11.3 Å². The van der Waals surface area contributed by atoms with Crippen molar-refractivity contribution in [2.45, 2.75) is 47.5 Å². The molecule has 0 radical (unpaired) electrons. The smallest absolute Gasteiger partial charge is 0.167 e. The van der Waals surface area contributed by atoms with Gasteiger partial charge in [-0.3, -0.25) is 4.98 Å². The molecule has 138 valence electrons. The number of rotatable bonds is 6. The topological polar surface area (TPSA) is 66.5 Å².